The molecule has 26 heavy (non-hydrogen) atoms. The molecule has 3 N–H and O–H groups in total. The molecule has 8 nitrogen and oxygen atoms in total. The SMILES string of the molecule is OCCN1CCN(c2ccc(SC3CNC3)c(S)c2-c2nnn[nH]2)CC1. The second-order valence-electron chi connectivity index (χ2n) is 6.51. The Kier molecular flexibility index (Phi) is 5.65. The summed E-state index contributed by atoms with van der Waals surface area (Å²) in [5.74, 6) is 0.650. The van der Waals surface area contributed by atoms with Crippen LogP contribution in [0.15, 0.2) is 21.9 Å². The number of nitrogens with zero attached hydrogens (tertiary/aromatic N) is 5. The number of rotatable bonds is 6. The maximum absolute atomic E-state index is 9.14. The van der Waals surface area contributed by atoms with Gasteiger partial charge in [0.2, 0.25) is 0 Å². The third-order valence-corrected chi connectivity index (χ3v) is 6.74. The van der Waals surface area contributed by atoms with E-state index >= 15 is 0 Å². The summed E-state index contributed by atoms with van der Waals surface area (Å²) in [6, 6.07) is 4.32. The van der Waals surface area contributed by atoms with Gasteiger partial charge in [0.25, 0.3) is 0 Å². The smallest absolute Gasteiger partial charge is 0.182 e. The first-order chi connectivity index (χ1) is 12.8. The molecule has 0 radical (unpaired) electrons. The topological polar surface area (TPSA) is 93.2 Å². The van der Waals surface area contributed by atoms with Crippen molar-refractivity contribution in [3.8, 4) is 11.4 Å². The van der Waals surface area contributed by atoms with Gasteiger partial charge in [0.1, 0.15) is 0 Å². The second kappa shape index (κ2) is 8.13. The second-order valence-corrected chi connectivity index (χ2v) is 8.30. The number of aromatic amines is 1. The van der Waals surface area contributed by atoms with Crippen molar-refractivity contribution in [2.24, 2.45) is 0 Å². The highest BCUT2D eigenvalue weighted by atomic mass is 32.2. The Labute approximate surface area is 162 Å². The number of β-amino-alcohol motifs (C(OH)–C–C–N with tert-alkyl or cyclic N) is 1. The number of thiol groups is 1. The molecular formula is C16H23N7OS2. The van der Waals surface area contributed by atoms with Crippen molar-refractivity contribution in [1.82, 2.24) is 30.8 Å². The van der Waals surface area contributed by atoms with Crippen LogP contribution in [-0.4, -0.2) is 88.3 Å². The molecule has 1 aromatic carbocycles. The number of nitrogens with one attached hydrogen (secondary N) is 2. The highest BCUT2D eigenvalue weighted by Gasteiger charge is 2.25. The Hall–Kier alpha value is -1.33. The van der Waals surface area contributed by atoms with E-state index in [1.165, 1.54) is 0 Å². The first kappa shape index (κ1) is 18.1. The van der Waals surface area contributed by atoms with Crippen LogP contribution in [0.2, 0.25) is 0 Å². The maximum atomic E-state index is 9.14. The number of piperazine rings is 1. The molecule has 3 heterocycles. The molecule has 10 heteroatoms. The van der Waals surface area contributed by atoms with Crippen molar-refractivity contribution in [1.29, 1.82) is 0 Å². The van der Waals surface area contributed by atoms with Crippen LogP contribution in [0.4, 0.5) is 5.69 Å². The fourth-order valence-electron chi connectivity index (χ4n) is 3.30. The fourth-order valence-corrected chi connectivity index (χ4v) is 4.87. The normalized spacial score (nSPS) is 18.9. The molecule has 2 saturated heterocycles. The van der Waals surface area contributed by atoms with Gasteiger partial charge < -0.3 is 15.3 Å². The minimum Gasteiger partial charge on any atom is -0.395 e. The number of aliphatic hydroxyl groups excluding tert-OH is 1. The van der Waals surface area contributed by atoms with Crippen LogP contribution in [-0.2, 0) is 0 Å². The molecule has 0 spiro atoms. The number of tetrazole rings is 1. The largest absolute Gasteiger partial charge is 0.395 e. The summed E-state index contributed by atoms with van der Waals surface area (Å²) in [6.45, 7) is 6.67. The van der Waals surface area contributed by atoms with Crippen LogP contribution in [0, 0.1) is 0 Å². The van der Waals surface area contributed by atoms with E-state index in [1.54, 1.807) is 0 Å². The Morgan fingerprint density at radius 2 is 2.04 bits per heavy atom. The Balaban J connectivity index is 1.62. The van der Waals surface area contributed by atoms with Gasteiger partial charge in [0.15, 0.2) is 5.82 Å². The van der Waals surface area contributed by atoms with Crippen LogP contribution in [0.1, 0.15) is 0 Å². The molecule has 0 bridgehead atoms. The molecule has 0 unspecified atom stereocenters. The first-order valence-corrected chi connectivity index (χ1v) is 10.1. The van der Waals surface area contributed by atoms with E-state index in [4.69, 9.17) is 17.7 Å². The number of anilines is 1. The number of aromatic nitrogens is 4. The van der Waals surface area contributed by atoms with Gasteiger partial charge in [-0.15, -0.1) is 29.5 Å². The summed E-state index contributed by atoms with van der Waals surface area (Å²) in [5, 5.41) is 27.6. The van der Waals surface area contributed by atoms with E-state index in [-0.39, 0.29) is 6.61 Å². The van der Waals surface area contributed by atoms with E-state index in [1.807, 2.05) is 11.8 Å². The molecule has 0 atom stereocenters. The van der Waals surface area contributed by atoms with E-state index in [0.29, 0.717) is 11.1 Å². The van der Waals surface area contributed by atoms with Crippen molar-refractivity contribution >= 4 is 30.1 Å². The fraction of sp³-hybridized carbons (Fsp3) is 0.562. The Morgan fingerprint density at radius 1 is 1.23 bits per heavy atom. The van der Waals surface area contributed by atoms with Gasteiger partial charge in [-0.3, -0.25) is 4.90 Å². The molecule has 0 saturated carbocycles. The summed E-state index contributed by atoms with van der Waals surface area (Å²) in [7, 11) is 0. The Bertz CT molecular complexity index is 730. The Morgan fingerprint density at radius 3 is 2.65 bits per heavy atom. The summed E-state index contributed by atoms with van der Waals surface area (Å²) >= 11 is 6.70. The lowest BCUT2D eigenvalue weighted by Crippen LogP contribution is -2.47. The molecule has 1 aromatic heterocycles. The van der Waals surface area contributed by atoms with Gasteiger partial charge in [-0.25, -0.2) is 5.10 Å². The van der Waals surface area contributed by atoms with Gasteiger partial charge in [-0.1, -0.05) is 0 Å². The molecule has 2 aromatic rings. The maximum Gasteiger partial charge on any atom is 0.182 e. The lowest BCUT2D eigenvalue weighted by Gasteiger charge is -2.37. The van der Waals surface area contributed by atoms with E-state index < -0.39 is 0 Å². The standard InChI is InChI=1S/C16H23N7OS2/c24-8-7-22-3-5-23(6-4-22)12-1-2-13(26-11-9-17-10-11)15(25)14(12)16-18-20-21-19-16/h1-2,11,17,24-25H,3-10H2,(H,18,19,20,21). The van der Waals surface area contributed by atoms with Gasteiger partial charge in [-0.2, -0.15) is 0 Å². The average molecular weight is 394 g/mol. The van der Waals surface area contributed by atoms with E-state index in [2.05, 4.69) is 47.9 Å². The quantitative estimate of drug-likeness (QED) is 0.522. The third kappa shape index (κ3) is 3.70. The summed E-state index contributed by atoms with van der Waals surface area (Å²) in [6.07, 6.45) is 0. The molecule has 2 fully saturated rings. The van der Waals surface area contributed by atoms with Crippen LogP contribution in [0.25, 0.3) is 11.4 Å². The number of benzene rings is 1. The van der Waals surface area contributed by atoms with Crippen molar-refractivity contribution in [2.45, 2.75) is 15.0 Å². The summed E-state index contributed by atoms with van der Waals surface area (Å²) in [4.78, 5) is 6.72. The lowest BCUT2D eigenvalue weighted by molar-refractivity contribution is 0.189. The van der Waals surface area contributed by atoms with Crippen molar-refractivity contribution in [2.75, 3.05) is 57.3 Å². The number of H-pyrrole nitrogens is 1. The zero-order chi connectivity index (χ0) is 17.9. The van der Waals surface area contributed by atoms with Crippen LogP contribution in [0.3, 0.4) is 0 Å². The molecule has 4 rings (SSSR count). The van der Waals surface area contributed by atoms with Crippen LogP contribution < -0.4 is 10.2 Å². The van der Waals surface area contributed by atoms with Gasteiger partial charge in [0.05, 0.1) is 12.2 Å². The minimum atomic E-state index is 0.206. The van der Waals surface area contributed by atoms with Crippen molar-refractivity contribution in [3.63, 3.8) is 0 Å². The van der Waals surface area contributed by atoms with Crippen molar-refractivity contribution < 1.29 is 5.11 Å². The monoisotopic (exact) mass is 393 g/mol. The van der Waals surface area contributed by atoms with E-state index in [0.717, 1.165) is 66.9 Å². The lowest BCUT2D eigenvalue weighted by atomic mass is 10.1. The van der Waals surface area contributed by atoms with Gasteiger partial charge in [0, 0.05) is 66.5 Å². The highest BCUT2D eigenvalue weighted by molar-refractivity contribution is 8.00. The molecule has 0 aliphatic carbocycles. The third-order valence-electron chi connectivity index (χ3n) is 4.87. The molecule has 140 valence electrons. The average Bonchev–Trinajstić information content (AvgIpc) is 3.14. The molecular weight excluding hydrogens is 370 g/mol. The van der Waals surface area contributed by atoms with Crippen molar-refractivity contribution in [3.05, 3.63) is 12.1 Å². The zero-order valence-corrected chi connectivity index (χ0v) is 16.1. The molecule has 0 amide bonds. The number of hydrogen-bond acceptors (Lipinski definition) is 9. The predicted molar refractivity (Wildman–Crippen MR) is 105 cm³/mol. The van der Waals surface area contributed by atoms with Crippen LogP contribution in [0.5, 0.6) is 0 Å². The van der Waals surface area contributed by atoms with Crippen LogP contribution >= 0.6 is 24.4 Å². The van der Waals surface area contributed by atoms with Gasteiger partial charge in [-0.05, 0) is 22.6 Å². The molecule has 2 aliphatic heterocycles. The number of thioether (sulfide) groups is 1. The predicted octanol–water partition coefficient (Wildman–Crippen LogP) is 0.334. The van der Waals surface area contributed by atoms with Gasteiger partial charge >= 0.3 is 0 Å². The van der Waals surface area contributed by atoms with E-state index in [9.17, 15) is 0 Å². The minimum absolute atomic E-state index is 0.206. The zero-order valence-electron chi connectivity index (χ0n) is 14.4. The summed E-state index contributed by atoms with van der Waals surface area (Å²) < 4.78 is 0. The molecule has 2 aliphatic rings. The number of hydrogen-bond donors (Lipinski definition) is 4. The number of aliphatic hydroxyl groups is 1. The highest BCUT2D eigenvalue weighted by Crippen LogP contribution is 2.41. The first-order valence-electron chi connectivity index (χ1n) is 8.82. The summed E-state index contributed by atoms with van der Waals surface area (Å²) in [5.41, 5.74) is 2.07.